The van der Waals surface area contributed by atoms with Gasteiger partial charge in [0.2, 0.25) is 5.95 Å². The first kappa shape index (κ1) is 18.0. The third kappa shape index (κ3) is 3.66. The Bertz CT molecular complexity index is 1180. The maximum Gasteiger partial charge on any atom is 0.218 e. The van der Waals surface area contributed by atoms with Crippen molar-refractivity contribution in [2.45, 2.75) is 13.0 Å². The molecule has 0 radical (unpaired) electrons. The topological polar surface area (TPSA) is 77.4 Å². The van der Waals surface area contributed by atoms with Crippen molar-refractivity contribution in [3.63, 3.8) is 0 Å². The minimum atomic E-state index is -0.564. The van der Waals surface area contributed by atoms with Crippen LogP contribution < -0.4 is 5.32 Å². The van der Waals surface area contributed by atoms with E-state index in [2.05, 4.69) is 26.3 Å². The van der Waals surface area contributed by atoms with Crippen LogP contribution in [0.15, 0.2) is 54.9 Å². The van der Waals surface area contributed by atoms with Crippen molar-refractivity contribution in [1.29, 1.82) is 5.26 Å². The van der Waals surface area contributed by atoms with Gasteiger partial charge in [-0.3, -0.25) is 0 Å². The van der Waals surface area contributed by atoms with E-state index in [4.69, 9.17) is 11.6 Å². The van der Waals surface area contributed by atoms with Gasteiger partial charge in [-0.1, -0.05) is 29.8 Å². The first-order chi connectivity index (χ1) is 13.6. The quantitative estimate of drug-likeness (QED) is 0.478. The number of nitrogens with one attached hydrogen (secondary N) is 2. The summed E-state index contributed by atoms with van der Waals surface area (Å²) in [6.07, 6.45) is 3.51. The third-order valence-corrected chi connectivity index (χ3v) is 4.75. The van der Waals surface area contributed by atoms with Crippen LogP contribution in [0, 0.1) is 17.3 Å². The first-order valence-electron chi connectivity index (χ1n) is 8.63. The molecule has 2 N–H and O–H groups in total. The molecular weight excluding hydrogens is 377 g/mol. The zero-order valence-corrected chi connectivity index (χ0v) is 15.5. The van der Waals surface area contributed by atoms with E-state index in [9.17, 15) is 9.65 Å². The van der Waals surface area contributed by atoms with Crippen LogP contribution in [0.2, 0.25) is 5.02 Å². The van der Waals surface area contributed by atoms with Crippen molar-refractivity contribution >= 4 is 28.5 Å². The number of hydrogen-bond donors (Lipinski definition) is 2. The lowest BCUT2D eigenvalue weighted by molar-refractivity contribution is 0.571. The van der Waals surface area contributed by atoms with Crippen molar-refractivity contribution in [1.82, 2.24) is 15.0 Å². The van der Waals surface area contributed by atoms with Crippen molar-refractivity contribution in [2.24, 2.45) is 0 Å². The van der Waals surface area contributed by atoms with Gasteiger partial charge in [0.1, 0.15) is 17.5 Å². The lowest BCUT2D eigenvalue weighted by Gasteiger charge is -2.10. The average molecular weight is 392 g/mol. The van der Waals surface area contributed by atoms with E-state index in [-0.39, 0.29) is 6.42 Å². The molecule has 0 aliphatic heterocycles. The number of aromatic amines is 1. The number of H-pyrrole nitrogens is 1. The normalized spacial score (nSPS) is 10.8. The summed E-state index contributed by atoms with van der Waals surface area (Å²) in [4.78, 5) is 11.2. The fourth-order valence-electron chi connectivity index (χ4n) is 3.03. The van der Waals surface area contributed by atoms with Gasteiger partial charge in [-0.2, -0.15) is 9.65 Å². The summed E-state index contributed by atoms with van der Waals surface area (Å²) in [5.74, 6) is -0.122. The number of anilines is 1. The molecule has 138 valence electrons. The van der Waals surface area contributed by atoms with Crippen LogP contribution >= 0.6 is 11.6 Å². The standard InChI is InChI=1S/C21H15ClFN5/c22-16-4-1-13(2-5-16)11-26-19-6-3-14(20(23)28-19)9-18-15(10-24)12-27-21-17(18)7-8-25-21/h1-8,12H,9,11H2,(H,25,27)(H,26,28). The minimum absolute atomic E-state index is 0.260. The molecule has 7 heteroatoms. The van der Waals surface area contributed by atoms with Gasteiger partial charge in [0.05, 0.1) is 5.56 Å². The van der Waals surface area contributed by atoms with Crippen LogP contribution in [0.3, 0.4) is 0 Å². The number of halogens is 2. The van der Waals surface area contributed by atoms with E-state index < -0.39 is 5.95 Å². The highest BCUT2D eigenvalue weighted by atomic mass is 35.5. The van der Waals surface area contributed by atoms with E-state index in [0.29, 0.717) is 34.2 Å². The van der Waals surface area contributed by atoms with Gasteiger partial charge in [0.25, 0.3) is 0 Å². The summed E-state index contributed by atoms with van der Waals surface area (Å²) in [6.45, 7) is 0.510. The smallest absolute Gasteiger partial charge is 0.218 e. The highest BCUT2D eigenvalue weighted by Gasteiger charge is 2.14. The number of aromatic nitrogens is 3. The summed E-state index contributed by atoms with van der Waals surface area (Å²) in [5, 5.41) is 14.0. The Morgan fingerprint density at radius 2 is 1.96 bits per heavy atom. The van der Waals surface area contributed by atoms with E-state index in [1.807, 2.05) is 18.2 Å². The van der Waals surface area contributed by atoms with E-state index in [0.717, 1.165) is 16.5 Å². The Balaban J connectivity index is 1.55. The summed E-state index contributed by atoms with van der Waals surface area (Å²) in [7, 11) is 0. The summed E-state index contributed by atoms with van der Waals surface area (Å²) >= 11 is 5.88. The number of fused-ring (bicyclic) bond motifs is 1. The highest BCUT2D eigenvalue weighted by molar-refractivity contribution is 6.30. The second-order valence-electron chi connectivity index (χ2n) is 6.31. The number of nitrogens with zero attached hydrogens (tertiary/aromatic N) is 3. The maximum atomic E-state index is 14.6. The van der Waals surface area contributed by atoms with Gasteiger partial charge in [0.15, 0.2) is 0 Å². The van der Waals surface area contributed by atoms with Crippen LogP contribution in [0.4, 0.5) is 10.2 Å². The summed E-state index contributed by atoms with van der Waals surface area (Å²) < 4.78 is 14.6. The average Bonchev–Trinajstić information content (AvgIpc) is 3.18. The molecule has 4 rings (SSSR count). The summed E-state index contributed by atoms with van der Waals surface area (Å²) in [5.41, 5.74) is 3.26. The zero-order valence-electron chi connectivity index (χ0n) is 14.7. The monoisotopic (exact) mass is 391 g/mol. The molecule has 0 bridgehead atoms. The lowest BCUT2D eigenvalue weighted by Crippen LogP contribution is -2.05. The van der Waals surface area contributed by atoms with Crippen LogP contribution in [0.1, 0.15) is 22.3 Å². The molecule has 28 heavy (non-hydrogen) atoms. The maximum absolute atomic E-state index is 14.6. The Morgan fingerprint density at radius 3 is 2.71 bits per heavy atom. The molecule has 5 nitrogen and oxygen atoms in total. The second kappa shape index (κ2) is 7.67. The Hall–Kier alpha value is -3.43. The van der Waals surface area contributed by atoms with Crippen molar-refractivity contribution in [2.75, 3.05) is 5.32 Å². The molecule has 0 aliphatic carbocycles. The Labute approximate surface area is 165 Å². The summed E-state index contributed by atoms with van der Waals surface area (Å²) in [6, 6.07) is 14.8. The zero-order chi connectivity index (χ0) is 19.5. The van der Waals surface area contributed by atoms with Gasteiger partial charge in [-0.15, -0.1) is 0 Å². The van der Waals surface area contributed by atoms with Gasteiger partial charge >= 0.3 is 0 Å². The van der Waals surface area contributed by atoms with Crippen molar-refractivity contribution in [3.8, 4) is 6.07 Å². The fourth-order valence-corrected chi connectivity index (χ4v) is 3.15. The lowest BCUT2D eigenvalue weighted by atomic mass is 10.00. The number of nitriles is 1. The number of hydrogen-bond acceptors (Lipinski definition) is 4. The Kier molecular flexibility index (Phi) is 4.92. The molecule has 0 unspecified atom stereocenters. The molecule has 0 saturated carbocycles. The molecule has 0 aliphatic rings. The molecule has 0 saturated heterocycles. The van der Waals surface area contributed by atoms with E-state index >= 15 is 0 Å². The largest absolute Gasteiger partial charge is 0.366 e. The predicted molar refractivity (Wildman–Crippen MR) is 107 cm³/mol. The van der Waals surface area contributed by atoms with Crippen LogP contribution in [-0.2, 0) is 13.0 Å². The number of rotatable bonds is 5. The Morgan fingerprint density at radius 1 is 1.14 bits per heavy atom. The van der Waals surface area contributed by atoms with Crippen LogP contribution in [0.25, 0.3) is 11.0 Å². The SMILES string of the molecule is N#Cc1cnc2[nH]ccc2c1Cc1ccc(NCc2ccc(Cl)cc2)nc1F. The first-order valence-corrected chi connectivity index (χ1v) is 9.00. The van der Waals surface area contributed by atoms with Crippen molar-refractivity contribution in [3.05, 3.63) is 88.1 Å². The third-order valence-electron chi connectivity index (χ3n) is 4.50. The molecule has 0 spiro atoms. The van der Waals surface area contributed by atoms with Gasteiger partial charge in [-0.25, -0.2) is 9.97 Å². The molecule has 0 fully saturated rings. The van der Waals surface area contributed by atoms with Gasteiger partial charge in [0, 0.05) is 41.3 Å². The molecule has 0 atom stereocenters. The number of pyridine rings is 2. The number of benzene rings is 1. The second-order valence-corrected chi connectivity index (χ2v) is 6.74. The molecular formula is C21H15ClFN5. The van der Waals surface area contributed by atoms with E-state index in [1.54, 1.807) is 30.5 Å². The highest BCUT2D eigenvalue weighted by Crippen LogP contribution is 2.24. The molecule has 4 aromatic rings. The van der Waals surface area contributed by atoms with Crippen LogP contribution in [0.5, 0.6) is 0 Å². The minimum Gasteiger partial charge on any atom is -0.366 e. The molecule has 3 aromatic heterocycles. The van der Waals surface area contributed by atoms with Gasteiger partial charge < -0.3 is 10.3 Å². The predicted octanol–water partition coefficient (Wildman–Crippen LogP) is 4.82. The van der Waals surface area contributed by atoms with E-state index in [1.165, 1.54) is 6.20 Å². The van der Waals surface area contributed by atoms with Crippen LogP contribution in [-0.4, -0.2) is 15.0 Å². The fraction of sp³-hybridized carbons (Fsp3) is 0.0952. The van der Waals surface area contributed by atoms with Gasteiger partial charge in [-0.05, 0) is 35.4 Å². The van der Waals surface area contributed by atoms with Crippen molar-refractivity contribution < 1.29 is 4.39 Å². The molecule has 3 heterocycles. The molecule has 0 amide bonds. The molecule has 1 aromatic carbocycles.